The van der Waals surface area contributed by atoms with Crippen LogP contribution in [0.5, 0.6) is 0 Å². The number of hydrogen-bond donors (Lipinski definition) is 1. The van der Waals surface area contributed by atoms with Gasteiger partial charge in [-0.25, -0.2) is 4.79 Å². The zero-order valence-corrected chi connectivity index (χ0v) is 20.1. The minimum Gasteiger partial charge on any atom is -0.391 e. The fourth-order valence-electron chi connectivity index (χ4n) is 5.26. The number of likely N-dealkylation sites (tertiary alicyclic amines) is 1. The molecule has 196 valence electrons. The van der Waals surface area contributed by atoms with Crippen molar-refractivity contribution in [1.82, 2.24) is 9.80 Å². The number of carbonyl (C=O) groups excluding carboxylic acids is 3. The van der Waals surface area contributed by atoms with Crippen LogP contribution >= 0.6 is 0 Å². The molecule has 0 aromatic heterocycles. The first kappa shape index (κ1) is 25.5. The number of anilines is 1. The monoisotopic (exact) mass is 524 g/mol. The van der Waals surface area contributed by atoms with E-state index in [2.05, 4.69) is 0 Å². The molecule has 2 aromatic rings. The molecule has 3 aliphatic rings. The zero-order valence-electron chi connectivity index (χ0n) is 20.1. The number of carbonyl (C=O) groups is 3. The van der Waals surface area contributed by atoms with Crippen molar-refractivity contribution in [2.24, 2.45) is 0 Å². The van der Waals surface area contributed by atoms with Crippen LogP contribution in [-0.2, 0) is 15.8 Å². The van der Waals surface area contributed by atoms with Gasteiger partial charge < -0.3 is 14.9 Å². The number of ketones is 1. The molecule has 38 heavy (non-hydrogen) atoms. The molecule has 2 heterocycles. The molecule has 2 unspecified atom stereocenters. The average Bonchev–Trinajstić information content (AvgIpc) is 3.50. The number of β-amino-alcohol motifs (C(OH)–C–C–N with tert-alkyl or cyclic N) is 1. The number of alkyl halides is 3. The van der Waals surface area contributed by atoms with E-state index in [1.807, 2.05) is 6.07 Å². The van der Waals surface area contributed by atoms with Gasteiger partial charge in [0.1, 0.15) is 6.54 Å². The molecule has 1 aliphatic carbocycles. The molecule has 0 spiro atoms. The molecule has 8 nitrogen and oxygen atoms in total. The first-order chi connectivity index (χ1) is 18.1. The quantitative estimate of drug-likeness (QED) is 0.656. The average molecular weight is 524 g/mol. The van der Waals surface area contributed by atoms with Crippen LogP contribution in [0.25, 0.3) is 0 Å². The molecule has 1 saturated heterocycles. The Labute approximate surface area is 216 Å². The highest BCUT2D eigenvalue weighted by Gasteiger charge is 2.47. The van der Waals surface area contributed by atoms with Crippen molar-refractivity contribution < 1.29 is 32.7 Å². The Morgan fingerprint density at radius 3 is 2.47 bits per heavy atom. The van der Waals surface area contributed by atoms with Gasteiger partial charge >= 0.3 is 12.2 Å². The van der Waals surface area contributed by atoms with Crippen LogP contribution in [0.1, 0.15) is 42.0 Å². The minimum absolute atomic E-state index is 0.0562. The maximum absolute atomic E-state index is 14.0. The Bertz CT molecular complexity index is 1380. The lowest BCUT2D eigenvalue weighted by atomic mass is 9.92. The van der Waals surface area contributed by atoms with Crippen LogP contribution in [0, 0.1) is 11.3 Å². The number of rotatable bonds is 4. The molecule has 2 atom stereocenters. The van der Waals surface area contributed by atoms with Crippen molar-refractivity contribution in [1.29, 1.82) is 5.26 Å². The van der Waals surface area contributed by atoms with Gasteiger partial charge in [-0.2, -0.15) is 18.4 Å². The van der Waals surface area contributed by atoms with E-state index in [1.165, 1.54) is 34.1 Å². The Kier molecular flexibility index (Phi) is 6.44. The first-order valence-electron chi connectivity index (χ1n) is 12.1. The van der Waals surface area contributed by atoms with Gasteiger partial charge in [-0.05, 0) is 48.7 Å². The summed E-state index contributed by atoms with van der Waals surface area (Å²) in [6, 6.07) is 10.9. The lowest BCUT2D eigenvalue weighted by Gasteiger charge is -2.42. The highest BCUT2D eigenvalue weighted by Crippen LogP contribution is 2.45. The van der Waals surface area contributed by atoms with Crippen molar-refractivity contribution in [2.75, 3.05) is 24.5 Å². The van der Waals surface area contributed by atoms with Gasteiger partial charge in [0.05, 0.1) is 35.0 Å². The summed E-state index contributed by atoms with van der Waals surface area (Å²) >= 11 is 0. The molecule has 0 saturated carbocycles. The van der Waals surface area contributed by atoms with Crippen LogP contribution in [0.15, 0.2) is 59.8 Å². The highest BCUT2D eigenvalue weighted by molar-refractivity contribution is 6.08. The largest absolute Gasteiger partial charge is 0.416 e. The van der Waals surface area contributed by atoms with E-state index in [-0.39, 0.29) is 36.4 Å². The van der Waals surface area contributed by atoms with E-state index in [0.717, 1.165) is 17.0 Å². The normalized spacial score (nSPS) is 21.7. The third-order valence-electron chi connectivity index (χ3n) is 7.10. The molecular weight excluding hydrogens is 501 g/mol. The van der Waals surface area contributed by atoms with Gasteiger partial charge in [0.25, 0.3) is 0 Å². The summed E-state index contributed by atoms with van der Waals surface area (Å²) in [5, 5.41) is 19.1. The van der Waals surface area contributed by atoms with Crippen LogP contribution in [0.2, 0.25) is 0 Å². The zero-order chi connectivity index (χ0) is 27.2. The number of benzene rings is 2. The molecule has 1 N–H and O–H groups in total. The molecule has 2 aliphatic heterocycles. The molecule has 3 amide bonds. The number of Topliss-reactive ketones (excluding diaryl/α,β-unsaturated/α-hetero) is 1. The summed E-state index contributed by atoms with van der Waals surface area (Å²) in [6.45, 7) is -0.0455. The fraction of sp³-hybridized carbons (Fsp3) is 0.333. The summed E-state index contributed by atoms with van der Waals surface area (Å²) in [5.41, 5.74) is 0.395. The number of nitrogens with zero attached hydrogens (tertiary/aromatic N) is 4. The van der Waals surface area contributed by atoms with Gasteiger partial charge in [0, 0.05) is 30.8 Å². The maximum Gasteiger partial charge on any atom is 0.416 e. The second kappa shape index (κ2) is 9.61. The number of hydrogen-bond acceptors (Lipinski definition) is 5. The van der Waals surface area contributed by atoms with Crippen LogP contribution < -0.4 is 4.90 Å². The number of halogens is 3. The number of allylic oxidation sites excluding steroid dienone is 1. The number of amides is 3. The predicted molar refractivity (Wildman–Crippen MR) is 128 cm³/mol. The number of aliphatic hydroxyl groups excluding tert-OH is 1. The van der Waals surface area contributed by atoms with Crippen molar-refractivity contribution in [3.8, 4) is 6.07 Å². The minimum atomic E-state index is -4.64. The summed E-state index contributed by atoms with van der Waals surface area (Å²) < 4.78 is 40.5. The molecular formula is C27H23F3N4O4. The third-order valence-corrected chi connectivity index (χ3v) is 7.10. The Morgan fingerprint density at radius 1 is 1.11 bits per heavy atom. The Hall–Kier alpha value is -4.17. The molecule has 5 rings (SSSR count). The topological polar surface area (TPSA) is 105 Å². The van der Waals surface area contributed by atoms with Crippen LogP contribution in [0.4, 0.5) is 23.7 Å². The van der Waals surface area contributed by atoms with Crippen molar-refractivity contribution in [3.63, 3.8) is 0 Å². The van der Waals surface area contributed by atoms with Crippen LogP contribution in [-0.4, -0.2) is 58.4 Å². The Morgan fingerprint density at radius 2 is 1.84 bits per heavy atom. The van der Waals surface area contributed by atoms with Gasteiger partial charge in [-0.15, -0.1) is 0 Å². The number of aliphatic hydroxyl groups is 1. The Balaban J connectivity index is 1.63. The van der Waals surface area contributed by atoms with Crippen molar-refractivity contribution in [2.45, 2.75) is 37.6 Å². The van der Waals surface area contributed by atoms with E-state index in [0.29, 0.717) is 29.8 Å². The van der Waals surface area contributed by atoms with Crippen molar-refractivity contribution >= 4 is 23.4 Å². The molecule has 1 fully saturated rings. The number of nitriles is 1. The molecule has 0 radical (unpaired) electrons. The summed E-state index contributed by atoms with van der Waals surface area (Å²) in [7, 11) is 0. The summed E-state index contributed by atoms with van der Waals surface area (Å²) in [4.78, 5) is 44.1. The second-order valence-electron chi connectivity index (χ2n) is 9.50. The lowest BCUT2D eigenvalue weighted by molar-refractivity contribution is -0.137. The van der Waals surface area contributed by atoms with Gasteiger partial charge in [0.15, 0.2) is 5.78 Å². The van der Waals surface area contributed by atoms with E-state index in [4.69, 9.17) is 0 Å². The lowest BCUT2D eigenvalue weighted by Crippen LogP contribution is -2.53. The smallest absolute Gasteiger partial charge is 0.391 e. The third kappa shape index (κ3) is 4.52. The van der Waals surface area contributed by atoms with Gasteiger partial charge in [-0.1, -0.05) is 18.2 Å². The first-order valence-corrected chi connectivity index (χ1v) is 12.1. The molecule has 0 bridgehead atoms. The maximum atomic E-state index is 14.0. The molecule has 2 aromatic carbocycles. The van der Waals surface area contributed by atoms with E-state index >= 15 is 0 Å². The van der Waals surface area contributed by atoms with Gasteiger partial charge in [0.2, 0.25) is 5.91 Å². The second-order valence-corrected chi connectivity index (χ2v) is 9.50. The standard InChI is InChI=1S/C27H23F3N4O4/c28-27(29,30)18-2-1-3-19(12-18)34-21-8-9-22(36)24(21)25(17-6-4-16(13-31)5-7-17)33(26(34)38)15-23(37)32-11-10-20(35)14-32/h1-7,12,20,25,35H,8-11,14-15H2. The highest BCUT2D eigenvalue weighted by atomic mass is 19.4. The van der Waals surface area contributed by atoms with Gasteiger partial charge in [-0.3, -0.25) is 14.5 Å². The summed E-state index contributed by atoms with van der Waals surface area (Å²) in [5.74, 6) is -0.722. The summed E-state index contributed by atoms with van der Waals surface area (Å²) in [6.07, 6.45) is -4.71. The van der Waals surface area contributed by atoms with Crippen LogP contribution in [0.3, 0.4) is 0 Å². The van der Waals surface area contributed by atoms with E-state index in [1.54, 1.807) is 12.1 Å². The van der Waals surface area contributed by atoms with E-state index in [9.17, 15) is 37.9 Å². The molecule has 11 heteroatoms. The SMILES string of the molecule is N#Cc1ccc(C2C3=C(CCC3=O)N(c3cccc(C(F)(F)F)c3)C(=O)N2CC(=O)N2CCC(O)C2)cc1. The van der Waals surface area contributed by atoms with Crippen molar-refractivity contribution in [3.05, 3.63) is 76.5 Å². The van der Waals surface area contributed by atoms with E-state index < -0.39 is 42.4 Å². The number of urea groups is 1. The fourth-order valence-corrected chi connectivity index (χ4v) is 5.26. The predicted octanol–water partition coefficient (Wildman–Crippen LogP) is 3.77.